The first-order valence-electron chi connectivity index (χ1n) is 10.4. The van der Waals surface area contributed by atoms with Gasteiger partial charge in [-0.2, -0.15) is 0 Å². The summed E-state index contributed by atoms with van der Waals surface area (Å²) >= 11 is 0. The lowest BCUT2D eigenvalue weighted by Crippen LogP contribution is -2.32. The van der Waals surface area contributed by atoms with E-state index in [4.69, 9.17) is 9.47 Å². The third-order valence-corrected chi connectivity index (χ3v) is 5.61. The molecule has 2 aliphatic rings. The zero-order valence-corrected chi connectivity index (χ0v) is 17.8. The van der Waals surface area contributed by atoms with Crippen LogP contribution in [0.2, 0.25) is 0 Å². The minimum Gasteiger partial charge on any atom is -0.454 e. The minimum atomic E-state index is -0.358. The number of imide groups is 1. The number of benzene rings is 3. The van der Waals surface area contributed by atoms with Crippen molar-refractivity contribution in [3.8, 4) is 11.5 Å². The van der Waals surface area contributed by atoms with E-state index in [1.807, 2.05) is 62.4 Å². The van der Waals surface area contributed by atoms with Crippen LogP contribution in [-0.4, -0.2) is 23.5 Å². The maximum Gasteiger partial charge on any atom is 0.278 e. The molecule has 5 rings (SSSR count). The van der Waals surface area contributed by atoms with E-state index in [0.29, 0.717) is 28.3 Å². The normalized spacial score (nSPS) is 15.0. The minimum absolute atomic E-state index is 0.165. The number of aryl methyl sites for hydroxylation is 2. The fourth-order valence-electron chi connectivity index (χ4n) is 3.82. The average molecular weight is 426 g/mol. The van der Waals surface area contributed by atoms with Crippen LogP contribution >= 0.6 is 0 Å². The van der Waals surface area contributed by atoms with Gasteiger partial charge in [0.15, 0.2) is 11.5 Å². The third-order valence-electron chi connectivity index (χ3n) is 5.61. The summed E-state index contributed by atoms with van der Waals surface area (Å²) in [6.07, 6.45) is 0. The van der Waals surface area contributed by atoms with Crippen LogP contribution in [0.15, 0.2) is 72.4 Å². The molecule has 2 amide bonds. The molecule has 0 aliphatic carbocycles. The Morgan fingerprint density at radius 1 is 0.812 bits per heavy atom. The lowest BCUT2D eigenvalue weighted by atomic mass is 10.0. The lowest BCUT2D eigenvalue weighted by Gasteiger charge is -2.15. The van der Waals surface area contributed by atoms with E-state index < -0.39 is 0 Å². The number of hydrogen-bond donors (Lipinski definition) is 1. The van der Waals surface area contributed by atoms with E-state index in [1.165, 1.54) is 4.90 Å². The zero-order chi connectivity index (χ0) is 22.2. The SMILES string of the molecule is Cc1ccc(CN2C(=O)C(Nc3ccc4c(c3)OCO4)=C(c3ccc(C)cc3)C2=O)cc1. The topological polar surface area (TPSA) is 67.9 Å². The van der Waals surface area contributed by atoms with E-state index in [0.717, 1.165) is 16.7 Å². The second-order valence-corrected chi connectivity index (χ2v) is 7.99. The van der Waals surface area contributed by atoms with Gasteiger partial charge < -0.3 is 14.8 Å². The first-order valence-corrected chi connectivity index (χ1v) is 10.4. The molecule has 3 aromatic carbocycles. The van der Waals surface area contributed by atoms with Crippen LogP contribution in [0, 0.1) is 13.8 Å². The van der Waals surface area contributed by atoms with Gasteiger partial charge >= 0.3 is 0 Å². The Morgan fingerprint density at radius 3 is 2.19 bits per heavy atom. The van der Waals surface area contributed by atoms with Crippen molar-refractivity contribution in [3.05, 3.63) is 94.7 Å². The van der Waals surface area contributed by atoms with Crippen molar-refractivity contribution in [2.24, 2.45) is 0 Å². The molecule has 0 aromatic heterocycles. The van der Waals surface area contributed by atoms with E-state index in [1.54, 1.807) is 18.2 Å². The van der Waals surface area contributed by atoms with Gasteiger partial charge in [-0.1, -0.05) is 59.7 Å². The third kappa shape index (κ3) is 3.60. The van der Waals surface area contributed by atoms with Gasteiger partial charge in [0, 0.05) is 11.8 Å². The summed E-state index contributed by atoms with van der Waals surface area (Å²) in [5.74, 6) is 0.574. The van der Waals surface area contributed by atoms with Crippen molar-refractivity contribution in [3.63, 3.8) is 0 Å². The fourth-order valence-corrected chi connectivity index (χ4v) is 3.82. The molecule has 160 valence electrons. The molecule has 0 unspecified atom stereocenters. The number of carbonyl (C=O) groups excluding carboxylic acids is 2. The van der Waals surface area contributed by atoms with Crippen LogP contribution in [0.1, 0.15) is 22.3 Å². The highest BCUT2D eigenvalue weighted by Crippen LogP contribution is 2.37. The molecule has 0 bridgehead atoms. The largest absolute Gasteiger partial charge is 0.454 e. The number of rotatable bonds is 5. The molecule has 3 aromatic rings. The number of amides is 2. The monoisotopic (exact) mass is 426 g/mol. The first kappa shape index (κ1) is 19.9. The molecule has 2 aliphatic heterocycles. The van der Waals surface area contributed by atoms with Gasteiger partial charge in [-0.25, -0.2) is 0 Å². The lowest BCUT2D eigenvalue weighted by molar-refractivity contribution is -0.137. The zero-order valence-electron chi connectivity index (χ0n) is 17.8. The van der Waals surface area contributed by atoms with Gasteiger partial charge in [-0.3, -0.25) is 14.5 Å². The number of nitrogens with one attached hydrogen (secondary N) is 1. The quantitative estimate of drug-likeness (QED) is 0.612. The van der Waals surface area contributed by atoms with Crippen molar-refractivity contribution >= 4 is 23.1 Å². The summed E-state index contributed by atoms with van der Waals surface area (Å²) in [5.41, 5.74) is 5.05. The van der Waals surface area contributed by atoms with E-state index >= 15 is 0 Å². The molecular weight excluding hydrogens is 404 g/mol. The number of hydrogen-bond acceptors (Lipinski definition) is 5. The predicted octanol–water partition coefficient (Wildman–Crippen LogP) is 4.42. The van der Waals surface area contributed by atoms with Crippen molar-refractivity contribution < 1.29 is 19.1 Å². The van der Waals surface area contributed by atoms with Crippen molar-refractivity contribution in [2.45, 2.75) is 20.4 Å². The van der Waals surface area contributed by atoms with Crippen LogP contribution in [0.4, 0.5) is 5.69 Å². The van der Waals surface area contributed by atoms with Crippen LogP contribution in [-0.2, 0) is 16.1 Å². The summed E-state index contributed by atoms with van der Waals surface area (Å²) < 4.78 is 10.8. The number of carbonyl (C=O) groups is 2. The molecule has 0 fully saturated rings. The van der Waals surface area contributed by atoms with Gasteiger partial charge in [0.1, 0.15) is 5.70 Å². The Hall–Kier alpha value is -4.06. The molecule has 6 heteroatoms. The summed E-state index contributed by atoms with van der Waals surface area (Å²) in [6, 6.07) is 20.8. The van der Waals surface area contributed by atoms with Gasteiger partial charge in [-0.05, 0) is 37.1 Å². The molecule has 0 radical (unpaired) electrons. The van der Waals surface area contributed by atoms with E-state index in [-0.39, 0.29) is 30.8 Å². The van der Waals surface area contributed by atoms with E-state index in [2.05, 4.69) is 5.32 Å². The van der Waals surface area contributed by atoms with Crippen LogP contribution in [0.3, 0.4) is 0 Å². The smallest absolute Gasteiger partial charge is 0.278 e. The summed E-state index contributed by atoms with van der Waals surface area (Å²) in [6.45, 7) is 4.35. The Bertz CT molecular complexity index is 1240. The van der Waals surface area contributed by atoms with E-state index in [9.17, 15) is 9.59 Å². The standard InChI is InChI=1S/C26H22N2O4/c1-16-3-7-18(8-4-16)14-28-25(29)23(19-9-5-17(2)6-10-19)24(26(28)30)27-20-11-12-21-22(13-20)32-15-31-21/h3-13,27H,14-15H2,1-2H3. The number of anilines is 1. The number of nitrogens with zero attached hydrogens (tertiary/aromatic N) is 1. The van der Waals surface area contributed by atoms with Crippen LogP contribution < -0.4 is 14.8 Å². The first-order chi connectivity index (χ1) is 15.5. The highest BCUT2D eigenvalue weighted by Gasteiger charge is 2.39. The van der Waals surface area contributed by atoms with Gasteiger partial charge in [0.05, 0.1) is 12.1 Å². The molecular formula is C26H22N2O4. The second kappa shape index (κ2) is 7.89. The molecule has 0 saturated carbocycles. The van der Waals surface area contributed by atoms with Crippen molar-refractivity contribution in [1.29, 1.82) is 0 Å². The molecule has 6 nitrogen and oxygen atoms in total. The number of ether oxygens (including phenoxy) is 2. The molecule has 0 atom stereocenters. The second-order valence-electron chi connectivity index (χ2n) is 7.99. The Morgan fingerprint density at radius 2 is 1.47 bits per heavy atom. The predicted molar refractivity (Wildman–Crippen MR) is 121 cm³/mol. The van der Waals surface area contributed by atoms with Gasteiger partial charge in [-0.15, -0.1) is 0 Å². The van der Waals surface area contributed by atoms with Crippen LogP contribution in [0.25, 0.3) is 5.57 Å². The fraction of sp³-hybridized carbons (Fsp3) is 0.154. The molecule has 2 heterocycles. The molecule has 32 heavy (non-hydrogen) atoms. The highest BCUT2D eigenvalue weighted by molar-refractivity contribution is 6.36. The van der Waals surface area contributed by atoms with Gasteiger partial charge in [0.25, 0.3) is 11.8 Å². The summed E-state index contributed by atoms with van der Waals surface area (Å²) in [5, 5.41) is 3.17. The Balaban J connectivity index is 1.52. The maximum atomic E-state index is 13.4. The van der Waals surface area contributed by atoms with Crippen molar-refractivity contribution in [1.82, 2.24) is 4.90 Å². The average Bonchev–Trinajstić information content (AvgIpc) is 3.34. The number of fused-ring (bicyclic) bond motifs is 1. The maximum absolute atomic E-state index is 13.4. The highest BCUT2D eigenvalue weighted by atomic mass is 16.7. The van der Waals surface area contributed by atoms with Crippen LogP contribution in [0.5, 0.6) is 11.5 Å². The molecule has 1 N–H and O–H groups in total. The Labute approximate surface area is 186 Å². The summed E-state index contributed by atoms with van der Waals surface area (Å²) in [7, 11) is 0. The summed E-state index contributed by atoms with van der Waals surface area (Å²) in [4.78, 5) is 28.1. The molecule has 0 saturated heterocycles. The van der Waals surface area contributed by atoms with Gasteiger partial charge in [0.2, 0.25) is 6.79 Å². The van der Waals surface area contributed by atoms with Crippen molar-refractivity contribution in [2.75, 3.05) is 12.1 Å². The Kier molecular flexibility index (Phi) is 4.90. The molecule has 0 spiro atoms.